The second kappa shape index (κ2) is 7.64. The molecule has 1 rings (SSSR count). The molecule has 92 valence electrons. The summed E-state index contributed by atoms with van der Waals surface area (Å²) in [6, 6.07) is 8.48. The Morgan fingerprint density at radius 1 is 1.35 bits per heavy atom. The summed E-state index contributed by atoms with van der Waals surface area (Å²) < 4.78 is 18.5. The lowest BCUT2D eigenvalue weighted by molar-refractivity contribution is 0.230. The monoisotopic (exact) mass is 236 g/mol. The predicted molar refractivity (Wildman–Crippen MR) is 64.2 cm³/mol. The minimum absolute atomic E-state index is 0.290. The third-order valence-electron chi connectivity index (χ3n) is 2.40. The van der Waals surface area contributed by atoms with Crippen LogP contribution in [0, 0.1) is 17.1 Å². The van der Waals surface area contributed by atoms with Crippen molar-refractivity contribution in [3.63, 3.8) is 0 Å². The van der Waals surface area contributed by atoms with Gasteiger partial charge in [-0.2, -0.15) is 5.26 Å². The zero-order valence-corrected chi connectivity index (χ0v) is 10.0. The maximum atomic E-state index is 13.2. The summed E-state index contributed by atoms with van der Waals surface area (Å²) in [5.41, 5.74) is 0. The molecule has 0 fully saturated rings. The van der Waals surface area contributed by atoms with Gasteiger partial charge in [-0.25, -0.2) is 4.39 Å². The fraction of sp³-hybridized carbons (Fsp3) is 0.462. The van der Waals surface area contributed by atoms with Crippen LogP contribution in [0.2, 0.25) is 0 Å². The predicted octanol–water partition coefficient (Wildman–Crippen LogP) is 2.44. The number of hydrogen-bond donors (Lipinski definition) is 0. The van der Waals surface area contributed by atoms with E-state index in [9.17, 15) is 4.39 Å². The van der Waals surface area contributed by atoms with Gasteiger partial charge >= 0.3 is 0 Å². The fourth-order valence-electron chi connectivity index (χ4n) is 1.41. The second-order valence-electron chi connectivity index (χ2n) is 3.84. The first kappa shape index (κ1) is 13.5. The highest BCUT2D eigenvalue weighted by molar-refractivity contribution is 5.23. The normalized spacial score (nSPS) is 10.2. The number of ether oxygens (including phenoxy) is 1. The fourth-order valence-corrected chi connectivity index (χ4v) is 1.41. The van der Waals surface area contributed by atoms with Gasteiger partial charge in [0, 0.05) is 13.0 Å². The second-order valence-corrected chi connectivity index (χ2v) is 3.84. The van der Waals surface area contributed by atoms with Crippen molar-refractivity contribution in [2.24, 2.45) is 0 Å². The van der Waals surface area contributed by atoms with Crippen LogP contribution in [-0.2, 0) is 0 Å². The number of nitrogens with zero attached hydrogens (tertiary/aromatic N) is 2. The minimum atomic E-state index is -0.334. The van der Waals surface area contributed by atoms with Crippen molar-refractivity contribution >= 4 is 0 Å². The van der Waals surface area contributed by atoms with Crippen LogP contribution in [0.25, 0.3) is 0 Å². The molecule has 17 heavy (non-hydrogen) atoms. The summed E-state index contributed by atoms with van der Waals surface area (Å²) in [7, 11) is 1.96. The van der Waals surface area contributed by atoms with Crippen molar-refractivity contribution in [3.05, 3.63) is 30.1 Å². The Morgan fingerprint density at radius 3 is 2.82 bits per heavy atom. The molecule has 4 heteroatoms. The number of rotatable bonds is 7. The average molecular weight is 236 g/mol. The number of likely N-dealkylation sites (N-methyl/N-ethyl adjacent to an activating group) is 1. The Kier molecular flexibility index (Phi) is 6.05. The van der Waals surface area contributed by atoms with Gasteiger partial charge < -0.3 is 9.64 Å². The summed E-state index contributed by atoms with van der Waals surface area (Å²) in [5.74, 6) is -0.0439. The standard InChI is InChI=1S/C13H17FN2O/c1-16(9-5-4-8-15)10-11-17-13-7-3-2-6-12(13)14/h2-3,6-7H,4-5,9-11H2,1H3. The van der Waals surface area contributed by atoms with Crippen molar-refractivity contribution in [2.45, 2.75) is 12.8 Å². The van der Waals surface area contributed by atoms with Gasteiger partial charge in [-0.3, -0.25) is 0 Å². The Morgan fingerprint density at radius 2 is 2.12 bits per heavy atom. The molecule has 0 heterocycles. The molecule has 0 bridgehead atoms. The van der Waals surface area contributed by atoms with Gasteiger partial charge in [-0.05, 0) is 32.1 Å². The molecule has 3 nitrogen and oxygen atoms in total. The van der Waals surface area contributed by atoms with Gasteiger partial charge in [0.15, 0.2) is 11.6 Å². The van der Waals surface area contributed by atoms with Crippen LogP contribution < -0.4 is 4.74 Å². The van der Waals surface area contributed by atoms with E-state index in [2.05, 4.69) is 11.0 Å². The Bertz CT molecular complexity index is 376. The van der Waals surface area contributed by atoms with E-state index in [0.717, 1.165) is 19.5 Å². The van der Waals surface area contributed by atoms with E-state index in [-0.39, 0.29) is 11.6 Å². The molecule has 0 saturated heterocycles. The van der Waals surface area contributed by atoms with Gasteiger partial charge in [0.25, 0.3) is 0 Å². The van der Waals surface area contributed by atoms with E-state index < -0.39 is 0 Å². The SMILES string of the molecule is CN(CCCC#N)CCOc1ccccc1F. The number of benzene rings is 1. The summed E-state index contributed by atoms with van der Waals surface area (Å²) in [6.07, 6.45) is 1.42. The molecule has 0 saturated carbocycles. The van der Waals surface area contributed by atoms with Crippen LogP contribution in [0.15, 0.2) is 24.3 Å². The van der Waals surface area contributed by atoms with Gasteiger partial charge in [0.05, 0.1) is 6.07 Å². The van der Waals surface area contributed by atoms with Crippen LogP contribution >= 0.6 is 0 Å². The van der Waals surface area contributed by atoms with E-state index in [0.29, 0.717) is 13.0 Å². The first-order valence-electron chi connectivity index (χ1n) is 5.67. The Hall–Kier alpha value is -1.60. The largest absolute Gasteiger partial charge is 0.489 e. The zero-order chi connectivity index (χ0) is 12.5. The minimum Gasteiger partial charge on any atom is -0.489 e. The summed E-state index contributed by atoms with van der Waals surface area (Å²) in [5, 5.41) is 8.40. The highest BCUT2D eigenvalue weighted by Gasteiger charge is 2.02. The molecule has 0 spiro atoms. The van der Waals surface area contributed by atoms with Crippen LogP contribution in [-0.4, -0.2) is 31.6 Å². The molecule has 0 aliphatic heterocycles. The Labute approximate surface area is 101 Å². The number of hydrogen-bond acceptors (Lipinski definition) is 3. The molecular formula is C13H17FN2O. The molecule has 0 radical (unpaired) electrons. The lowest BCUT2D eigenvalue weighted by Gasteiger charge is -2.16. The number of halogens is 1. The molecule has 0 atom stereocenters. The molecular weight excluding hydrogens is 219 g/mol. The quantitative estimate of drug-likeness (QED) is 0.682. The maximum absolute atomic E-state index is 13.2. The van der Waals surface area contributed by atoms with Crippen molar-refractivity contribution < 1.29 is 9.13 Å². The topological polar surface area (TPSA) is 36.3 Å². The zero-order valence-electron chi connectivity index (χ0n) is 10.0. The number of nitriles is 1. The molecule has 1 aromatic rings. The molecule has 0 amide bonds. The van der Waals surface area contributed by atoms with E-state index in [4.69, 9.17) is 10.00 Å². The molecule has 0 aromatic heterocycles. The molecule has 0 unspecified atom stereocenters. The maximum Gasteiger partial charge on any atom is 0.165 e. The molecule has 0 aliphatic rings. The summed E-state index contributed by atoms with van der Waals surface area (Å²) in [4.78, 5) is 2.07. The van der Waals surface area contributed by atoms with E-state index in [1.165, 1.54) is 6.07 Å². The highest BCUT2D eigenvalue weighted by atomic mass is 19.1. The van der Waals surface area contributed by atoms with Crippen LogP contribution in [0.4, 0.5) is 4.39 Å². The third-order valence-corrected chi connectivity index (χ3v) is 2.40. The van der Waals surface area contributed by atoms with Crippen molar-refractivity contribution in [1.29, 1.82) is 5.26 Å². The van der Waals surface area contributed by atoms with Crippen molar-refractivity contribution in [1.82, 2.24) is 4.90 Å². The van der Waals surface area contributed by atoms with Crippen molar-refractivity contribution in [3.8, 4) is 11.8 Å². The van der Waals surface area contributed by atoms with Gasteiger partial charge in [-0.15, -0.1) is 0 Å². The summed E-state index contributed by atoms with van der Waals surface area (Å²) in [6.45, 7) is 2.03. The average Bonchev–Trinajstić information content (AvgIpc) is 2.32. The first-order chi connectivity index (χ1) is 8.24. The van der Waals surface area contributed by atoms with Gasteiger partial charge in [-0.1, -0.05) is 12.1 Å². The number of para-hydroxylation sites is 1. The highest BCUT2D eigenvalue weighted by Crippen LogP contribution is 2.14. The smallest absolute Gasteiger partial charge is 0.165 e. The first-order valence-corrected chi connectivity index (χ1v) is 5.67. The Balaban J connectivity index is 2.20. The molecule has 0 aliphatic carbocycles. The molecule has 0 N–H and O–H groups in total. The van der Waals surface area contributed by atoms with Crippen LogP contribution in [0.3, 0.4) is 0 Å². The number of unbranched alkanes of at least 4 members (excludes halogenated alkanes) is 1. The van der Waals surface area contributed by atoms with Crippen molar-refractivity contribution in [2.75, 3.05) is 26.7 Å². The summed E-state index contributed by atoms with van der Waals surface area (Å²) >= 11 is 0. The molecule has 1 aromatic carbocycles. The lowest BCUT2D eigenvalue weighted by Crippen LogP contribution is -2.25. The van der Waals surface area contributed by atoms with Crippen LogP contribution in [0.1, 0.15) is 12.8 Å². The van der Waals surface area contributed by atoms with E-state index in [1.54, 1.807) is 18.2 Å². The third kappa shape index (κ3) is 5.32. The van der Waals surface area contributed by atoms with E-state index >= 15 is 0 Å². The van der Waals surface area contributed by atoms with Gasteiger partial charge in [0.2, 0.25) is 0 Å². The van der Waals surface area contributed by atoms with Gasteiger partial charge in [0.1, 0.15) is 6.61 Å². The lowest BCUT2D eigenvalue weighted by atomic mass is 10.3. The van der Waals surface area contributed by atoms with Crippen LogP contribution in [0.5, 0.6) is 5.75 Å². The van der Waals surface area contributed by atoms with E-state index in [1.807, 2.05) is 7.05 Å².